The molecule has 2 N–H and O–H groups in total. The minimum atomic E-state index is -0.367. The lowest BCUT2D eigenvalue weighted by Crippen LogP contribution is -2.47. The van der Waals surface area contributed by atoms with E-state index in [-0.39, 0.29) is 22.3 Å². The van der Waals surface area contributed by atoms with E-state index in [0.717, 1.165) is 126 Å². The number of hydrogen-bond acceptors (Lipinski definition) is 16. The van der Waals surface area contributed by atoms with E-state index in [0.29, 0.717) is 9.81 Å². The van der Waals surface area contributed by atoms with E-state index < -0.39 is 0 Å². The predicted octanol–water partition coefficient (Wildman–Crippen LogP) is 3.78. The van der Waals surface area contributed by atoms with Gasteiger partial charge in [-0.05, 0) is 84.2 Å². The molecule has 4 fully saturated rings. The Morgan fingerprint density at radius 3 is 1.49 bits per heavy atom. The van der Waals surface area contributed by atoms with Gasteiger partial charge < -0.3 is 19.6 Å². The quantitative estimate of drug-likeness (QED) is 0.246. The topological polar surface area (TPSA) is 183 Å². The number of likely N-dealkylation sites (N-methyl/N-ethyl adjacent to an activating group) is 1. The van der Waals surface area contributed by atoms with Crippen molar-refractivity contribution in [3.63, 3.8) is 0 Å². The van der Waals surface area contributed by atoms with E-state index in [9.17, 15) is 19.2 Å². The van der Waals surface area contributed by atoms with E-state index in [1.54, 1.807) is 37.2 Å². The van der Waals surface area contributed by atoms with Crippen molar-refractivity contribution in [3.8, 4) is 0 Å². The van der Waals surface area contributed by atoms with Crippen molar-refractivity contribution in [2.75, 3.05) is 74.1 Å². The number of aromatic nitrogens is 6. The van der Waals surface area contributed by atoms with Crippen LogP contribution < -0.4 is 25.3 Å². The first-order valence-electron chi connectivity index (χ1n) is 17.5. The maximum absolute atomic E-state index is 11.8. The molecule has 0 aliphatic carbocycles. The van der Waals surface area contributed by atoms with Crippen molar-refractivity contribution < 1.29 is 19.2 Å². The zero-order valence-electron chi connectivity index (χ0n) is 29.6. The minimum Gasteiger partial charge on any atom is -0.353 e. The fourth-order valence-corrected chi connectivity index (χ4v) is 7.91. The summed E-state index contributed by atoms with van der Waals surface area (Å²) >= 11 is 1.83. The number of hydrogen-bond donors (Lipinski definition) is 2. The van der Waals surface area contributed by atoms with Crippen LogP contribution in [-0.4, -0.2) is 117 Å². The Morgan fingerprint density at radius 1 is 0.582 bits per heavy atom. The first kappa shape index (κ1) is 36.0. The number of nitrogens with zero attached hydrogens (tertiary/aromatic N) is 10. The van der Waals surface area contributed by atoms with Gasteiger partial charge in [-0.3, -0.25) is 29.8 Å². The highest BCUT2D eigenvalue weighted by Crippen LogP contribution is 2.31. The van der Waals surface area contributed by atoms with Gasteiger partial charge in [-0.25, -0.2) is 29.9 Å². The van der Waals surface area contributed by atoms with Crippen molar-refractivity contribution >= 4 is 97.4 Å². The zero-order chi connectivity index (χ0) is 37.9. The first-order chi connectivity index (χ1) is 26.8. The molecule has 0 unspecified atom stereocenters. The number of nitrogens with one attached hydrogen (secondary N) is 2. The monoisotopic (exact) mass is 774 g/mol. The summed E-state index contributed by atoms with van der Waals surface area (Å²) in [4.78, 5) is 82.4. The van der Waals surface area contributed by atoms with E-state index >= 15 is 0 Å². The number of thioether (sulfide) groups is 2. The Morgan fingerprint density at radius 2 is 1.04 bits per heavy atom. The molecule has 16 nitrogen and oxygen atoms in total. The molecule has 55 heavy (non-hydrogen) atoms. The average molecular weight is 775 g/mol. The highest BCUT2D eigenvalue weighted by Gasteiger charge is 2.27. The maximum Gasteiger partial charge on any atom is 0.290 e. The predicted molar refractivity (Wildman–Crippen MR) is 213 cm³/mol. The molecule has 5 aromatic rings. The number of imide groups is 2. The lowest BCUT2D eigenvalue weighted by Gasteiger charge is -2.35. The second-order valence-corrected chi connectivity index (χ2v) is 15.0. The van der Waals surface area contributed by atoms with Crippen LogP contribution in [0.3, 0.4) is 0 Å². The van der Waals surface area contributed by atoms with Crippen LogP contribution >= 0.6 is 23.5 Å². The standard InChI is InChI=1S/C20H17N7O2S.C17H17N5O2S/c28-18-16(30-20(29)25-18)11-13-2-3-15-14(10-13)17(24-12-23-15)26-6-8-27(9-7-26)19-21-4-1-5-22-19;1-21-4-6-22(7-5-21)15-12-8-11(2-3-13(12)18-10-19-15)9-14-16(23)20-17(24)25-14/h1-5,10-12H,6-9H2,(H,25,28,29);2-3,8-10H,4-7H2,1H3,(H,20,23,24). The molecular weight excluding hydrogens is 741 g/mol. The summed E-state index contributed by atoms with van der Waals surface area (Å²) in [6.45, 7) is 6.96. The van der Waals surface area contributed by atoms with Gasteiger partial charge in [0.15, 0.2) is 0 Å². The van der Waals surface area contributed by atoms with E-state index in [1.807, 2.05) is 42.5 Å². The smallest absolute Gasteiger partial charge is 0.290 e. The fourth-order valence-electron chi connectivity index (χ4n) is 6.54. The largest absolute Gasteiger partial charge is 0.353 e. The molecule has 0 radical (unpaired) electrons. The number of anilines is 3. The molecule has 2 aromatic carbocycles. The van der Waals surface area contributed by atoms with Crippen molar-refractivity contribution in [1.29, 1.82) is 0 Å². The van der Waals surface area contributed by atoms with Crippen LogP contribution in [-0.2, 0) is 9.59 Å². The molecule has 9 rings (SSSR count). The Kier molecular flexibility index (Phi) is 10.3. The second kappa shape index (κ2) is 15.8. The average Bonchev–Trinajstić information content (AvgIpc) is 3.71. The van der Waals surface area contributed by atoms with Crippen molar-refractivity contribution in [3.05, 3.63) is 88.5 Å². The number of amides is 4. The summed E-state index contributed by atoms with van der Waals surface area (Å²) in [5.41, 5.74) is 3.37. The number of carbonyl (C=O) groups is 4. The van der Waals surface area contributed by atoms with Crippen LogP contribution in [0.5, 0.6) is 0 Å². The Hall–Kier alpha value is -5.98. The summed E-state index contributed by atoms with van der Waals surface area (Å²) in [7, 11) is 2.12. The van der Waals surface area contributed by atoms with Gasteiger partial charge in [-0.2, -0.15) is 0 Å². The number of fused-ring (bicyclic) bond motifs is 2. The summed E-state index contributed by atoms with van der Waals surface area (Å²) in [6, 6.07) is 13.3. The van der Waals surface area contributed by atoms with Gasteiger partial charge in [0.05, 0.1) is 20.8 Å². The third kappa shape index (κ3) is 8.10. The van der Waals surface area contributed by atoms with Crippen LogP contribution in [0.1, 0.15) is 11.1 Å². The summed E-state index contributed by atoms with van der Waals surface area (Å²) in [6.07, 6.45) is 10.1. The third-order valence-corrected chi connectivity index (χ3v) is 11.0. The van der Waals surface area contributed by atoms with Crippen LogP contribution in [0.2, 0.25) is 0 Å². The van der Waals surface area contributed by atoms with Gasteiger partial charge >= 0.3 is 0 Å². The molecular formula is C37H34N12O4S2. The summed E-state index contributed by atoms with van der Waals surface area (Å²) < 4.78 is 0. The molecule has 0 atom stereocenters. The summed E-state index contributed by atoms with van der Waals surface area (Å²) in [5, 5.41) is 5.72. The molecule has 4 aliphatic rings. The van der Waals surface area contributed by atoms with Gasteiger partial charge in [0.25, 0.3) is 22.3 Å². The number of piperazine rings is 2. The summed E-state index contributed by atoms with van der Waals surface area (Å²) in [5.74, 6) is 1.79. The second-order valence-electron chi connectivity index (χ2n) is 13.0. The van der Waals surface area contributed by atoms with Gasteiger partial charge in [-0.15, -0.1) is 0 Å². The Labute approximate surface area is 323 Å². The van der Waals surface area contributed by atoms with E-state index in [1.165, 1.54) is 0 Å². The molecule has 278 valence electrons. The van der Waals surface area contributed by atoms with Gasteiger partial charge in [0.1, 0.15) is 24.3 Å². The molecule has 0 bridgehead atoms. The van der Waals surface area contributed by atoms with Gasteiger partial charge in [-0.1, -0.05) is 12.1 Å². The van der Waals surface area contributed by atoms with Crippen molar-refractivity contribution in [1.82, 2.24) is 45.4 Å². The van der Waals surface area contributed by atoms with Crippen LogP contribution in [0.25, 0.3) is 34.0 Å². The van der Waals surface area contributed by atoms with Crippen LogP contribution in [0.15, 0.2) is 77.3 Å². The molecule has 18 heteroatoms. The Balaban J connectivity index is 0.000000158. The molecule has 3 aromatic heterocycles. The molecule has 0 saturated carbocycles. The Bertz CT molecular complexity index is 2380. The molecule has 4 aliphatic heterocycles. The lowest BCUT2D eigenvalue weighted by molar-refractivity contribution is -0.116. The zero-order valence-corrected chi connectivity index (χ0v) is 31.2. The molecule has 4 amide bonds. The number of rotatable bonds is 5. The third-order valence-electron chi connectivity index (χ3n) is 9.37. The highest BCUT2D eigenvalue weighted by molar-refractivity contribution is 8.18. The van der Waals surface area contributed by atoms with E-state index in [4.69, 9.17) is 0 Å². The van der Waals surface area contributed by atoms with Crippen LogP contribution in [0, 0.1) is 0 Å². The molecule has 7 heterocycles. The fraction of sp³-hybridized carbons (Fsp3) is 0.243. The highest BCUT2D eigenvalue weighted by atomic mass is 32.2. The SMILES string of the molecule is CN1CCN(c2ncnc3ccc(C=C4SC(=O)NC4=O)cc23)CC1.O=C1NC(=O)C(=Cc2ccc3ncnc(N4CCN(c5ncccn5)CC4)c3c2)S1. The maximum atomic E-state index is 11.8. The van der Waals surface area contributed by atoms with Crippen LogP contribution in [0.4, 0.5) is 27.2 Å². The lowest BCUT2D eigenvalue weighted by atomic mass is 10.1. The number of benzene rings is 2. The number of carbonyl (C=O) groups excluding carboxylic acids is 4. The van der Waals surface area contributed by atoms with Gasteiger partial charge in [0.2, 0.25) is 5.95 Å². The van der Waals surface area contributed by atoms with Gasteiger partial charge in [0, 0.05) is 75.5 Å². The molecule has 4 saturated heterocycles. The van der Waals surface area contributed by atoms with E-state index in [2.05, 4.69) is 67.2 Å². The minimum absolute atomic E-state index is 0.335. The normalized spacial score (nSPS) is 19.3. The molecule has 0 spiro atoms. The van der Waals surface area contributed by atoms with Crippen molar-refractivity contribution in [2.45, 2.75) is 0 Å². The first-order valence-corrected chi connectivity index (χ1v) is 19.1. The van der Waals surface area contributed by atoms with Crippen molar-refractivity contribution in [2.24, 2.45) is 0 Å².